The van der Waals surface area contributed by atoms with Gasteiger partial charge in [-0.15, -0.1) is 10.2 Å². The largest absolute Gasteiger partial charge is 0.316 e. The first kappa shape index (κ1) is 15.7. The summed E-state index contributed by atoms with van der Waals surface area (Å²) in [5, 5.41) is 10.4. The molecular weight excluding hydrogens is 308 g/mol. The molecule has 0 atom stereocenters. The van der Waals surface area contributed by atoms with Crippen LogP contribution in [-0.4, -0.2) is 19.3 Å². The Hall–Kier alpha value is -2.21. The average Bonchev–Trinajstić information content (AvgIpc) is 3.05. The van der Waals surface area contributed by atoms with Gasteiger partial charge in [-0.05, 0) is 12.5 Å². The van der Waals surface area contributed by atoms with E-state index in [-0.39, 0.29) is 4.87 Å². The molecule has 5 nitrogen and oxygen atoms in total. The fraction of sp³-hybridized carbons (Fsp3) is 0.353. The van der Waals surface area contributed by atoms with Crippen LogP contribution in [0.25, 0.3) is 11.3 Å². The smallest absolute Gasteiger partial charge is 0.307 e. The lowest BCUT2D eigenvalue weighted by Crippen LogP contribution is -2.18. The maximum Gasteiger partial charge on any atom is 0.307 e. The highest BCUT2D eigenvalue weighted by Gasteiger charge is 2.16. The maximum atomic E-state index is 12.3. The van der Waals surface area contributed by atoms with E-state index in [1.807, 2.05) is 35.2 Å². The number of aryl methyl sites for hydroxylation is 1. The van der Waals surface area contributed by atoms with Crippen LogP contribution in [0.5, 0.6) is 0 Å². The number of benzene rings is 1. The predicted octanol–water partition coefficient (Wildman–Crippen LogP) is 3.19. The van der Waals surface area contributed by atoms with Gasteiger partial charge in [0.15, 0.2) is 5.82 Å². The van der Waals surface area contributed by atoms with Gasteiger partial charge in [0.25, 0.3) is 0 Å². The van der Waals surface area contributed by atoms with Gasteiger partial charge in [-0.25, -0.2) is 0 Å². The summed E-state index contributed by atoms with van der Waals surface area (Å²) in [5.74, 6) is 2.03. The van der Waals surface area contributed by atoms with Crippen LogP contribution >= 0.6 is 11.3 Å². The molecule has 1 aromatic carbocycles. The minimum absolute atomic E-state index is 0.0253. The van der Waals surface area contributed by atoms with E-state index in [0.29, 0.717) is 12.5 Å². The molecule has 0 spiro atoms. The molecule has 0 aliphatic carbocycles. The minimum Gasteiger partial charge on any atom is -0.316 e. The summed E-state index contributed by atoms with van der Waals surface area (Å²) in [7, 11) is 1.95. The van der Waals surface area contributed by atoms with Crippen molar-refractivity contribution in [3.05, 3.63) is 56.5 Å². The zero-order valence-corrected chi connectivity index (χ0v) is 14.6. The summed E-state index contributed by atoms with van der Waals surface area (Å²) in [6.07, 6.45) is 0. The second-order valence-corrected chi connectivity index (χ2v) is 6.80. The van der Waals surface area contributed by atoms with Crippen molar-refractivity contribution in [2.75, 3.05) is 0 Å². The average molecular weight is 328 g/mol. The molecule has 23 heavy (non-hydrogen) atoms. The van der Waals surface area contributed by atoms with Crippen molar-refractivity contribution in [1.29, 1.82) is 0 Å². The minimum atomic E-state index is 0.0253. The lowest BCUT2D eigenvalue weighted by Gasteiger charge is -2.10. The molecule has 0 aliphatic rings. The number of hydrogen-bond acceptors (Lipinski definition) is 4. The highest BCUT2D eigenvalue weighted by molar-refractivity contribution is 7.07. The van der Waals surface area contributed by atoms with E-state index in [4.69, 9.17) is 0 Å². The van der Waals surface area contributed by atoms with Crippen LogP contribution in [0.3, 0.4) is 0 Å². The fourth-order valence-corrected chi connectivity index (χ4v) is 3.46. The summed E-state index contributed by atoms with van der Waals surface area (Å²) in [4.78, 5) is 12.3. The van der Waals surface area contributed by atoms with Crippen LogP contribution in [0, 0.1) is 6.92 Å². The number of nitrogens with zero attached hydrogens (tertiary/aromatic N) is 4. The maximum absolute atomic E-state index is 12.3. The molecule has 120 valence electrons. The third-order valence-electron chi connectivity index (χ3n) is 4.02. The van der Waals surface area contributed by atoms with Crippen molar-refractivity contribution >= 4 is 11.3 Å². The Balaban J connectivity index is 2.04. The highest BCUT2D eigenvalue weighted by Crippen LogP contribution is 2.24. The lowest BCUT2D eigenvalue weighted by molar-refractivity contribution is 0.658. The summed E-state index contributed by atoms with van der Waals surface area (Å²) < 4.78 is 3.76. The second-order valence-electron chi connectivity index (χ2n) is 5.98. The highest BCUT2D eigenvalue weighted by atomic mass is 32.1. The van der Waals surface area contributed by atoms with E-state index in [9.17, 15) is 4.79 Å². The molecular formula is C17H20N4OS. The van der Waals surface area contributed by atoms with Crippen LogP contribution in [0.1, 0.15) is 37.0 Å². The standard InChI is InChI=1S/C17H20N4OS/c1-11(2)16-19-18-15(20(16)4)9-21-14(10-23-17(21)22)13-8-6-5-7-12(13)3/h5-8,10-11H,9H2,1-4H3. The Morgan fingerprint density at radius 1 is 1.22 bits per heavy atom. The Morgan fingerprint density at radius 2 is 1.96 bits per heavy atom. The first-order valence-corrected chi connectivity index (χ1v) is 8.49. The molecule has 0 N–H and O–H groups in total. The molecule has 0 fully saturated rings. The molecule has 3 aromatic rings. The second kappa shape index (κ2) is 6.12. The summed E-state index contributed by atoms with van der Waals surface area (Å²) in [6, 6.07) is 8.10. The van der Waals surface area contributed by atoms with Gasteiger partial charge in [0.05, 0.1) is 12.2 Å². The Morgan fingerprint density at radius 3 is 2.61 bits per heavy atom. The number of aromatic nitrogens is 4. The number of rotatable bonds is 4. The lowest BCUT2D eigenvalue weighted by atomic mass is 10.1. The van der Waals surface area contributed by atoms with Gasteiger partial charge in [0, 0.05) is 23.9 Å². The third-order valence-corrected chi connectivity index (χ3v) is 4.78. The zero-order valence-electron chi connectivity index (χ0n) is 13.8. The van der Waals surface area contributed by atoms with Crippen LogP contribution in [0.2, 0.25) is 0 Å². The fourth-order valence-electron chi connectivity index (χ4n) is 2.71. The molecule has 0 radical (unpaired) electrons. The summed E-state index contributed by atoms with van der Waals surface area (Å²) in [5.41, 5.74) is 3.17. The SMILES string of the molecule is Cc1ccccc1-c1csc(=O)n1Cc1nnc(C(C)C)n1C. The Labute approximate surface area is 139 Å². The molecule has 0 aliphatic heterocycles. The van der Waals surface area contributed by atoms with E-state index >= 15 is 0 Å². The predicted molar refractivity (Wildman–Crippen MR) is 92.9 cm³/mol. The van der Waals surface area contributed by atoms with Gasteiger partial charge in [-0.3, -0.25) is 9.36 Å². The number of thiazole rings is 1. The normalized spacial score (nSPS) is 11.3. The van der Waals surface area contributed by atoms with Gasteiger partial charge in [-0.2, -0.15) is 0 Å². The van der Waals surface area contributed by atoms with Gasteiger partial charge in [0.2, 0.25) is 0 Å². The summed E-state index contributed by atoms with van der Waals surface area (Å²) >= 11 is 1.22. The van der Waals surface area contributed by atoms with E-state index in [1.165, 1.54) is 11.3 Å². The number of hydrogen-bond donors (Lipinski definition) is 0. The molecule has 3 rings (SSSR count). The Kier molecular flexibility index (Phi) is 4.17. The van der Waals surface area contributed by atoms with Crippen molar-refractivity contribution in [3.63, 3.8) is 0 Å². The van der Waals surface area contributed by atoms with Gasteiger partial charge in [-0.1, -0.05) is 49.4 Å². The van der Waals surface area contributed by atoms with Gasteiger partial charge in [0.1, 0.15) is 5.82 Å². The molecule has 2 aromatic heterocycles. The van der Waals surface area contributed by atoms with E-state index in [1.54, 1.807) is 4.57 Å². The quantitative estimate of drug-likeness (QED) is 0.739. The van der Waals surface area contributed by atoms with E-state index in [2.05, 4.69) is 37.0 Å². The van der Waals surface area contributed by atoms with E-state index < -0.39 is 0 Å². The van der Waals surface area contributed by atoms with Gasteiger partial charge >= 0.3 is 4.87 Å². The van der Waals surface area contributed by atoms with Gasteiger partial charge < -0.3 is 4.57 Å². The molecule has 6 heteroatoms. The topological polar surface area (TPSA) is 52.7 Å². The molecule has 0 unspecified atom stereocenters. The molecule has 0 saturated heterocycles. The first-order valence-electron chi connectivity index (χ1n) is 7.61. The van der Waals surface area contributed by atoms with Crippen LogP contribution < -0.4 is 4.87 Å². The van der Waals surface area contributed by atoms with E-state index in [0.717, 1.165) is 28.5 Å². The monoisotopic (exact) mass is 328 g/mol. The Bertz CT molecular complexity index is 888. The van der Waals surface area contributed by atoms with Crippen LogP contribution in [0.4, 0.5) is 0 Å². The first-order chi connectivity index (χ1) is 11.0. The van der Waals surface area contributed by atoms with Crippen molar-refractivity contribution in [3.8, 4) is 11.3 Å². The molecule has 2 heterocycles. The molecule has 0 saturated carbocycles. The van der Waals surface area contributed by atoms with Crippen LogP contribution in [-0.2, 0) is 13.6 Å². The van der Waals surface area contributed by atoms with Crippen LogP contribution in [0.15, 0.2) is 34.4 Å². The zero-order chi connectivity index (χ0) is 16.6. The van der Waals surface area contributed by atoms with Crippen molar-refractivity contribution < 1.29 is 0 Å². The van der Waals surface area contributed by atoms with Crippen molar-refractivity contribution in [2.24, 2.45) is 7.05 Å². The van der Waals surface area contributed by atoms with Crippen molar-refractivity contribution in [1.82, 2.24) is 19.3 Å². The molecule has 0 amide bonds. The van der Waals surface area contributed by atoms with Crippen molar-refractivity contribution in [2.45, 2.75) is 33.2 Å². The summed E-state index contributed by atoms with van der Waals surface area (Å²) in [6.45, 7) is 6.66. The third kappa shape index (κ3) is 2.86. The molecule has 0 bridgehead atoms.